The normalized spacial score (nSPS) is 10.5. The molecular formula is C14H17N3O2. The van der Waals surface area contributed by atoms with Crippen LogP contribution in [0.5, 0.6) is 0 Å². The molecule has 0 aliphatic rings. The number of nitro groups is 1. The summed E-state index contributed by atoms with van der Waals surface area (Å²) in [4.78, 5) is 14.7. The van der Waals surface area contributed by atoms with Crippen LogP contribution >= 0.6 is 0 Å². The summed E-state index contributed by atoms with van der Waals surface area (Å²) in [5, 5.41) is 13.1. The second-order valence-corrected chi connectivity index (χ2v) is 4.85. The summed E-state index contributed by atoms with van der Waals surface area (Å²) in [6.07, 6.45) is 0. The maximum Gasteiger partial charge on any atom is 0.293 e. The maximum atomic E-state index is 11.2. The van der Waals surface area contributed by atoms with Crippen molar-refractivity contribution < 1.29 is 4.92 Å². The number of anilines is 2. The van der Waals surface area contributed by atoms with Crippen LogP contribution < -0.4 is 9.80 Å². The molecule has 100 valence electrons. The molecule has 0 amide bonds. The van der Waals surface area contributed by atoms with Crippen LogP contribution in [0.1, 0.15) is 0 Å². The van der Waals surface area contributed by atoms with Gasteiger partial charge in [0, 0.05) is 45.3 Å². The number of hydrogen-bond donors (Lipinski definition) is 0. The SMILES string of the molecule is CN(C)c1cccc2ccc([N+](=O)[O-])c(N(C)C)c12. The molecule has 5 nitrogen and oxygen atoms in total. The zero-order valence-electron chi connectivity index (χ0n) is 11.5. The molecule has 0 fully saturated rings. The Morgan fingerprint density at radius 1 is 1.00 bits per heavy atom. The topological polar surface area (TPSA) is 49.6 Å². The molecule has 0 aliphatic heterocycles. The molecule has 0 spiro atoms. The predicted octanol–water partition coefficient (Wildman–Crippen LogP) is 2.88. The number of rotatable bonds is 3. The average Bonchev–Trinajstić information content (AvgIpc) is 2.35. The molecular weight excluding hydrogens is 242 g/mol. The molecule has 0 aromatic heterocycles. The first-order valence-corrected chi connectivity index (χ1v) is 5.98. The highest BCUT2D eigenvalue weighted by Gasteiger charge is 2.21. The molecule has 0 saturated heterocycles. The maximum absolute atomic E-state index is 11.2. The third-order valence-corrected chi connectivity index (χ3v) is 3.10. The van der Waals surface area contributed by atoms with Crippen molar-refractivity contribution in [1.82, 2.24) is 0 Å². The monoisotopic (exact) mass is 259 g/mol. The van der Waals surface area contributed by atoms with E-state index in [-0.39, 0.29) is 10.6 Å². The van der Waals surface area contributed by atoms with Crippen LogP contribution in [0, 0.1) is 10.1 Å². The molecule has 0 heterocycles. The van der Waals surface area contributed by atoms with Gasteiger partial charge in [0.2, 0.25) is 0 Å². The lowest BCUT2D eigenvalue weighted by Gasteiger charge is -2.21. The van der Waals surface area contributed by atoms with Gasteiger partial charge in [0.05, 0.1) is 4.92 Å². The van der Waals surface area contributed by atoms with E-state index < -0.39 is 0 Å². The summed E-state index contributed by atoms with van der Waals surface area (Å²) in [6.45, 7) is 0. The van der Waals surface area contributed by atoms with Gasteiger partial charge in [0.1, 0.15) is 5.69 Å². The summed E-state index contributed by atoms with van der Waals surface area (Å²) < 4.78 is 0. The predicted molar refractivity (Wildman–Crippen MR) is 79.3 cm³/mol. The van der Waals surface area contributed by atoms with Gasteiger partial charge in [-0.25, -0.2) is 0 Å². The first-order valence-electron chi connectivity index (χ1n) is 5.98. The van der Waals surface area contributed by atoms with Crippen molar-refractivity contribution in [3.05, 3.63) is 40.4 Å². The van der Waals surface area contributed by atoms with E-state index in [4.69, 9.17) is 0 Å². The van der Waals surface area contributed by atoms with Crippen LogP contribution in [0.4, 0.5) is 17.1 Å². The Kier molecular flexibility index (Phi) is 3.29. The fraction of sp³-hybridized carbons (Fsp3) is 0.286. The summed E-state index contributed by atoms with van der Waals surface area (Å²) in [6, 6.07) is 9.27. The van der Waals surface area contributed by atoms with Gasteiger partial charge in [-0.2, -0.15) is 0 Å². The standard InChI is InChI=1S/C14H17N3O2/c1-15(2)11-7-5-6-10-8-9-12(17(18)19)14(13(10)11)16(3)4/h5-9H,1-4H3. The van der Waals surface area contributed by atoms with Gasteiger partial charge in [-0.05, 0) is 17.5 Å². The second kappa shape index (κ2) is 4.76. The average molecular weight is 259 g/mol. The van der Waals surface area contributed by atoms with Crippen LogP contribution in [-0.2, 0) is 0 Å². The van der Waals surface area contributed by atoms with Crippen molar-refractivity contribution in [1.29, 1.82) is 0 Å². The first kappa shape index (κ1) is 13.1. The Balaban J connectivity index is 2.94. The van der Waals surface area contributed by atoms with E-state index >= 15 is 0 Å². The van der Waals surface area contributed by atoms with E-state index in [1.807, 2.05) is 51.3 Å². The van der Waals surface area contributed by atoms with Crippen LogP contribution in [0.25, 0.3) is 10.8 Å². The lowest BCUT2D eigenvalue weighted by atomic mass is 10.0. The van der Waals surface area contributed by atoms with Gasteiger partial charge < -0.3 is 9.80 Å². The van der Waals surface area contributed by atoms with Gasteiger partial charge in [0.25, 0.3) is 5.69 Å². The van der Waals surface area contributed by atoms with Gasteiger partial charge >= 0.3 is 0 Å². The van der Waals surface area contributed by atoms with Gasteiger partial charge in [0.15, 0.2) is 0 Å². The third-order valence-electron chi connectivity index (χ3n) is 3.10. The molecule has 2 aromatic carbocycles. The Labute approximate surface area is 112 Å². The minimum atomic E-state index is -0.332. The highest BCUT2D eigenvalue weighted by Crippen LogP contribution is 2.39. The van der Waals surface area contributed by atoms with Crippen molar-refractivity contribution in [2.24, 2.45) is 0 Å². The van der Waals surface area contributed by atoms with Crippen molar-refractivity contribution in [3.63, 3.8) is 0 Å². The van der Waals surface area contributed by atoms with Crippen LogP contribution in [-0.4, -0.2) is 33.1 Å². The summed E-state index contributed by atoms with van der Waals surface area (Å²) in [7, 11) is 7.53. The molecule has 2 rings (SSSR count). The lowest BCUT2D eigenvalue weighted by Crippen LogP contribution is -2.14. The smallest absolute Gasteiger partial charge is 0.293 e. The summed E-state index contributed by atoms with van der Waals surface area (Å²) in [5.74, 6) is 0. The zero-order chi connectivity index (χ0) is 14.2. The van der Waals surface area contributed by atoms with Gasteiger partial charge in [-0.15, -0.1) is 0 Å². The minimum absolute atomic E-state index is 0.131. The number of hydrogen-bond acceptors (Lipinski definition) is 4. The molecule has 2 aromatic rings. The van der Waals surface area contributed by atoms with Crippen molar-refractivity contribution >= 4 is 27.8 Å². The summed E-state index contributed by atoms with van der Waals surface area (Å²) >= 11 is 0. The third kappa shape index (κ3) is 2.19. The van der Waals surface area contributed by atoms with E-state index in [9.17, 15) is 10.1 Å². The van der Waals surface area contributed by atoms with Crippen molar-refractivity contribution in [2.75, 3.05) is 38.0 Å². The Morgan fingerprint density at radius 2 is 1.68 bits per heavy atom. The quantitative estimate of drug-likeness (QED) is 0.628. The Morgan fingerprint density at radius 3 is 2.21 bits per heavy atom. The summed E-state index contributed by atoms with van der Waals surface area (Å²) in [5.41, 5.74) is 1.75. The molecule has 0 N–H and O–H groups in total. The van der Waals surface area contributed by atoms with Crippen LogP contribution in [0.2, 0.25) is 0 Å². The highest BCUT2D eigenvalue weighted by molar-refractivity contribution is 6.06. The fourth-order valence-corrected chi connectivity index (χ4v) is 2.30. The van der Waals surface area contributed by atoms with Crippen molar-refractivity contribution in [3.8, 4) is 0 Å². The van der Waals surface area contributed by atoms with E-state index in [0.717, 1.165) is 16.5 Å². The fourth-order valence-electron chi connectivity index (χ4n) is 2.30. The molecule has 0 radical (unpaired) electrons. The second-order valence-electron chi connectivity index (χ2n) is 4.85. The molecule has 0 bridgehead atoms. The van der Waals surface area contributed by atoms with Crippen molar-refractivity contribution in [2.45, 2.75) is 0 Å². The number of nitrogens with zero attached hydrogens (tertiary/aromatic N) is 3. The minimum Gasteiger partial charge on any atom is -0.377 e. The van der Waals surface area contributed by atoms with E-state index in [0.29, 0.717) is 5.69 Å². The first-order chi connectivity index (χ1) is 8.93. The number of benzene rings is 2. The van der Waals surface area contributed by atoms with E-state index in [1.165, 1.54) is 0 Å². The Bertz CT molecular complexity index is 636. The molecule has 19 heavy (non-hydrogen) atoms. The Hall–Kier alpha value is -2.30. The molecule has 5 heteroatoms. The number of nitro benzene ring substituents is 1. The van der Waals surface area contributed by atoms with Crippen LogP contribution in [0.3, 0.4) is 0 Å². The molecule has 0 unspecified atom stereocenters. The van der Waals surface area contributed by atoms with Gasteiger partial charge in [-0.1, -0.05) is 12.1 Å². The molecule has 0 atom stereocenters. The van der Waals surface area contributed by atoms with Gasteiger partial charge in [-0.3, -0.25) is 10.1 Å². The molecule has 0 saturated carbocycles. The lowest BCUT2D eigenvalue weighted by molar-refractivity contribution is -0.384. The number of fused-ring (bicyclic) bond motifs is 1. The zero-order valence-corrected chi connectivity index (χ0v) is 11.5. The highest BCUT2D eigenvalue weighted by atomic mass is 16.6. The largest absolute Gasteiger partial charge is 0.377 e. The molecule has 0 aliphatic carbocycles. The van der Waals surface area contributed by atoms with E-state index in [2.05, 4.69) is 0 Å². The van der Waals surface area contributed by atoms with E-state index in [1.54, 1.807) is 17.0 Å². The van der Waals surface area contributed by atoms with Crippen LogP contribution in [0.15, 0.2) is 30.3 Å².